The first-order valence-corrected chi connectivity index (χ1v) is 10.3. The molecule has 0 unspecified atom stereocenters. The maximum absolute atomic E-state index is 4.36. The van der Waals surface area contributed by atoms with Gasteiger partial charge in [-0.25, -0.2) is 0 Å². The van der Waals surface area contributed by atoms with Gasteiger partial charge in [-0.3, -0.25) is 9.97 Å². The number of benzene rings is 3. The van der Waals surface area contributed by atoms with Crippen molar-refractivity contribution in [2.45, 2.75) is 0 Å². The predicted octanol–water partition coefficient (Wildman–Crippen LogP) is 6.91. The summed E-state index contributed by atoms with van der Waals surface area (Å²) < 4.78 is 2.31. The molecular formula is C28H19N3. The molecule has 0 spiro atoms. The largest absolute Gasteiger partial charge is 0.309 e. The van der Waals surface area contributed by atoms with Crippen molar-refractivity contribution in [3.05, 3.63) is 116 Å². The molecule has 3 nitrogen and oxygen atoms in total. The molecule has 0 radical (unpaired) electrons. The van der Waals surface area contributed by atoms with Gasteiger partial charge in [0.15, 0.2) is 0 Å². The van der Waals surface area contributed by atoms with Crippen LogP contribution < -0.4 is 0 Å². The Bertz CT molecular complexity index is 1410. The molecule has 0 fully saturated rings. The quantitative estimate of drug-likeness (QED) is 0.325. The molecule has 0 aliphatic rings. The zero-order chi connectivity index (χ0) is 20.6. The fourth-order valence-corrected chi connectivity index (χ4v) is 4.32. The molecule has 146 valence electrons. The van der Waals surface area contributed by atoms with E-state index in [1.165, 1.54) is 22.3 Å². The van der Waals surface area contributed by atoms with Crippen LogP contribution in [0, 0.1) is 0 Å². The first kappa shape index (κ1) is 17.6. The molecule has 0 saturated heterocycles. The Morgan fingerprint density at radius 1 is 0.484 bits per heavy atom. The Kier molecular flexibility index (Phi) is 4.10. The molecule has 3 heterocycles. The van der Waals surface area contributed by atoms with Crippen LogP contribution in [0.2, 0.25) is 0 Å². The molecule has 3 heteroatoms. The molecule has 0 saturated carbocycles. The van der Waals surface area contributed by atoms with Crippen molar-refractivity contribution in [2.75, 3.05) is 0 Å². The van der Waals surface area contributed by atoms with E-state index in [0.717, 1.165) is 27.5 Å². The van der Waals surface area contributed by atoms with Crippen LogP contribution >= 0.6 is 0 Å². The minimum atomic E-state index is 1.11. The molecule has 0 aliphatic carbocycles. The van der Waals surface area contributed by atoms with Crippen LogP contribution in [0.25, 0.3) is 49.7 Å². The smallest absolute Gasteiger partial charge is 0.0572 e. The summed E-state index contributed by atoms with van der Waals surface area (Å²) in [5, 5.41) is 2.22. The van der Waals surface area contributed by atoms with Gasteiger partial charge in [0.05, 0.1) is 11.0 Å². The van der Waals surface area contributed by atoms with Crippen LogP contribution in [-0.4, -0.2) is 14.5 Å². The second-order valence-corrected chi connectivity index (χ2v) is 7.62. The monoisotopic (exact) mass is 397 g/mol. The van der Waals surface area contributed by atoms with Crippen LogP contribution in [0.3, 0.4) is 0 Å². The first-order valence-electron chi connectivity index (χ1n) is 10.3. The third-order valence-electron chi connectivity index (χ3n) is 5.76. The summed E-state index contributed by atoms with van der Waals surface area (Å²) in [5.74, 6) is 0. The van der Waals surface area contributed by atoms with Gasteiger partial charge in [-0.1, -0.05) is 60.7 Å². The standard InChI is InChI=1S/C28H19N3/c1-3-7-20(8-4-1)22-15-23(21-9-5-2-6-10-21)17-24(16-22)31-27-11-13-29-18-25(27)26-19-30-14-12-28(26)31/h1-19H. The normalized spacial score (nSPS) is 11.2. The van der Waals surface area contributed by atoms with Gasteiger partial charge in [0.1, 0.15) is 0 Å². The summed E-state index contributed by atoms with van der Waals surface area (Å²) >= 11 is 0. The van der Waals surface area contributed by atoms with Gasteiger partial charge in [-0.15, -0.1) is 0 Å². The number of pyridine rings is 2. The highest BCUT2D eigenvalue weighted by Crippen LogP contribution is 2.35. The molecule has 6 rings (SSSR count). The van der Waals surface area contributed by atoms with Crippen molar-refractivity contribution < 1.29 is 0 Å². The van der Waals surface area contributed by atoms with Gasteiger partial charge in [-0.05, 0) is 52.6 Å². The number of aromatic nitrogens is 3. The molecule has 3 aromatic heterocycles. The third-order valence-corrected chi connectivity index (χ3v) is 5.76. The molecular weight excluding hydrogens is 378 g/mol. The summed E-state index contributed by atoms with van der Waals surface area (Å²) in [5.41, 5.74) is 8.16. The maximum atomic E-state index is 4.36. The number of fused-ring (bicyclic) bond motifs is 3. The van der Waals surface area contributed by atoms with Crippen LogP contribution in [0.15, 0.2) is 116 Å². The Morgan fingerprint density at radius 2 is 0.968 bits per heavy atom. The highest BCUT2D eigenvalue weighted by atomic mass is 15.0. The summed E-state index contributed by atoms with van der Waals surface area (Å²) in [6, 6.07) is 32.0. The number of hydrogen-bond donors (Lipinski definition) is 0. The molecule has 6 aromatic rings. The van der Waals surface area contributed by atoms with Gasteiger partial charge < -0.3 is 4.57 Å². The maximum Gasteiger partial charge on any atom is 0.0572 e. The average molecular weight is 397 g/mol. The lowest BCUT2D eigenvalue weighted by Crippen LogP contribution is -1.96. The topological polar surface area (TPSA) is 30.7 Å². The Hall–Kier alpha value is -4.24. The molecule has 3 aromatic carbocycles. The SMILES string of the molecule is c1ccc(-c2cc(-c3ccccc3)cc(-n3c4ccncc4c4cnccc43)c2)cc1. The van der Waals surface area contributed by atoms with Crippen molar-refractivity contribution in [1.82, 2.24) is 14.5 Å². The lowest BCUT2D eigenvalue weighted by Gasteiger charge is -2.14. The van der Waals surface area contributed by atoms with E-state index in [1.54, 1.807) is 0 Å². The van der Waals surface area contributed by atoms with Crippen molar-refractivity contribution >= 4 is 21.8 Å². The van der Waals surface area contributed by atoms with E-state index in [9.17, 15) is 0 Å². The molecule has 0 atom stereocenters. The van der Waals surface area contributed by atoms with E-state index in [1.807, 2.05) is 24.8 Å². The Labute approximate surface area is 180 Å². The van der Waals surface area contributed by atoms with Gasteiger partial charge in [-0.2, -0.15) is 0 Å². The molecule has 31 heavy (non-hydrogen) atoms. The second kappa shape index (κ2) is 7.22. The summed E-state index contributed by atoms with van der Waals surface area (Å²) in [4.78, 5) is 8.72. The lowest BCUT2D eigenvalue weighted by atomic mass is 9.98. The van der Waals surface area contributed by atoms with E-state index in [4.69, 9.17) is 0 Å². The highest BCUT2D eigenvalue weighted by molar-refractivity contribution is 6.08. The van der Waals surface area contributed by atoms with Gasteiger partial charge in [0, 0.05) is 41.2 Å². The van der Waals surface area contributed by atoms with Crippen molar-refractivity contribution in [2.24, 2.45) is 0 Å². The minimum absolute atomic E-state index is 1.11. The average Bonchev–Trinajstić information content (AvgIpc) is 3.19. The van der Waals surface area contributed by atoms with Crippen molar-refractivity contribution in [3.8, 4) is 27.9 Å². The van der Waals surface area contributed by atoms with Crippen LogP contribution in [-0.2, 0) is 0 Å². The van der Waals surface area contributed by atoms with Crippen molar-refractivity contribution in [1.29, 1.82) is 0 Å². The summed E-state index contributed by atoms with van der Waals surface area (Å²) in [7, 11) is 0. The fraction of sp³-hybridized carbons (Fsp3) is 0. The fourth-order valence-electron chi connectivity index (χ4n) is 4.32. The number of rotatable bonds is 3. The van der Waals surface area contributed by atoms with Gasteiger partial charge in [0.2, 0.25) is 0 Å². The van der Waals surface area contributed by atoms with E-state index < -0.39 is 0 Å². The van der Waals surface area contributed by atoms with Crippen LogP contribution in [0.5, 0.6) is 0 Å². The highest BCUT2D eigenvalue weighted by Gasteiger charge is 2.14. The van der Waals surface area contributed by atoms with Gasteiger partial charge in [0.25, 0.3) is 0 Å². The van der Waals surface area contributed by atoms with Gasteiger partial charge >= 0.3 is 0 Å². The zero-order valence-corrected chi connectivity index (χ0v) is 16.8. The van der Waals surface area contributed by atoms with Crippen LogP contribution in [0.1, 0.15) is 0 Å². The van der Waals surface area contributed by atoms with E-state index in [-0.39, 0.29) is 0 Å². The van der Waals surface area contributed by atoms with E-state index >= 15 is 0 Å². The second-order valence-electron chi connectivity index (χ2n) is 7.62. The summed E-state index contributed by atoms with van der Waals surface area (Å²) in [6.45, 7) is 0. The Balaban J connectivity index is 1.69. The molecule has 0 amide bonds. The number of hydrogen-bond acceptors (Lipinski definition) is 2. The lowest BCUT2D eigenvalue weighted by molar-refractivity contribution is 1.17. The first-order chi connectivity index (χ1) is 15.4. The van der Waals surface area contributed by atoms with Crippen LogP contribution in [0.4, 0.5) is 0 Å². The third kappa shape index (κ3) is 2.99. The Morgan fingerprint density at radius 3 is 1.45 bits per heavy atom. The predicted molar refractivity (Wildman–Crippen MR) is 127 cm³/mol. The summed E-state index contributed by atoms with van der Waals surface area (Å²) in [6.07, 6.45) is 7.55. The molecule has 0 aliphatic heterocycles. The molecule has 0 N–H and O–H groups in total. The van der Waals surface area contributed by atoms with E-state index in [2.05, 4.69) is 106 Å². The van der Waals surface area contributed by atoms with Crippen molar-refractivity contribution in [3.63, 3.8) is 0 Å². The zero-order valence-electron chi connectivity index (χ0n) is 16.8. The number of nitrogens with zero attached hydrogens (tertiary/aromatic N) is 3. The molecule has 0 bridgehead atoms. The minimum Gasteiger partial charge on any atom is -0.309 e. The van der Waals surface area contributed by atoms with E-state index in [0.29, 0.717) is 0 Å².